The maximum absolute atomic E-state index is 11.8. The van der Waals surface area contributed by atoms with Crippen LogP contribution in [0.1, 0.15) is 13.8 Å². The third-order valence-corrected chi connectivity index (χ3v) is 2.46. The molecule has 0 saturated heterocycles. The Morgan fingerprint density at radius 2 is 2.29 bits per heavy atom. The summed E-state index contributed by atoms with van der Waals surface area (Å²) in [6, 6.07) is 1.05. The van der Waals surface area contributed by atoms with Crippen LogP contribution in [0, 0.1) is 0 Å². The number of carbonyl (C=O) groups excluding carboxylic acids is 2. The molecule has 2 amide bonds. The molecule has 7 heteroatoms. The number of nitrogens with zero attached hydrogens (tertiary/aromatic N) is 2. The maximum Gasteiger partial charge on any atom is 0.248 e. The van der Waals surface area contributed by atoms with Gasteiger partial charge in [0.1, 0.15) is 6.04 Å². The summed E-state index contributed by atoms with van der Waals surface area (Å²) in [6.07, 6.45) is 1.77. The lowest BCUT2D eigenvalue weighted by Crippen LogP contribution is -2.44. The zero-order valence-corrected chi connectivity index (χ0v) is 10.7. The van der Waals surface area contributed by atoms with Crippen molar-refractivity contribution in [3.8, 4) is 0 Å². The van der Waals surface area contributed by atoms with Crippen molar-refractivity contribution in [3.63, 3.8) is 0 Å². The highest BCUT2D eigenvalue weighted by Crippen LogP contribution is 2.03. The van der Waals surface area contributed by atoms with Gasteiger partial charge >= 0.3 is 0 Å². The van der Waals surface area contributed by atoms with Crippen molar-refractivity contribution in [2.24, 2.45) is 0 Å². The van der Waals surface area contributed by atoms with Crippen LogP contribution < -0.4 is 10.6 Å². The molecule has 1 rings (SSSR count). The molecule has 6 nitrogen and oxygen atoms in total. The predicted molar refractivity (Wildman–Crippen MR) is 68.0 cm³/mol. The van der Waals surface area contributed by atoms with Crippen LogP contribution in [0.25, 0.3) is 0 Å². The Kier molecular flexibility index (Phi) is 5.02. The molecule has 1 heterocycles. The zero-order valence-electron chi connectivity index (χ0n) is 9.80. The van der Waals surface area contributed by atoms with E-state index in [0.717, 1.165) is 6.54 Å². The van der Waals surface area contributed by atoms with E-state index in [2.05, 4.69) is 28.4 Å². The minimum absolute atomic E-state index is 0.236. The SMILES string of the molecule is CCn1ccc(NC(=O)C(CS)NC(C)=O)n1. The van der Waals surface area contributed by atoms with E-state index in [9.17, 15) is 9.59 Å². The summed E-state index contributed by atoms with van der Waals surface area (Å²) in [4.78, 5) is 22.6. The van der Waals surface area contributed by atoms with Crippen LogP contribution in [0.4, 0.5) is 5.82 Å². The number of thiol groups is 1. The van der Waals surface area contributed by atoms with Gasteiger partial charge in [-0.15, -0.1) is 0 Å². The Morgan fingerprint density at radius 1 is 1.59 bits per heavy atom. The van der Waals surface area contributed by atoms with Gasteiger partial charge in [0.15, 0.2) is 5.82 Å². The lowest BCUT2D eigenvalue weighted by molar-refractivity contribution is -0.124. The third-order valence-electron chi connectivity index (χ3n) is 2.09. The number of aromatic nitrogens is 2. The second-order valence-corrected chi connectivity index (χ2v) is 3.85. The molecule has 17 heavy (non-hydrogen) atoms. The predicted octanol–water partition coefficient (Wildman–Crippen LogP) is 0.276. The second kappa shape index (κ2) is 6.29. The smallest absolute Gasteiger partial charge is 0.248 e. The van der Waals surface area contributed by atoms with E-state index in [-0.39, 0.29) is 17.6 Å². The lowest BCUT2D eigenvalue weighted by Gasteiger charge is -2.13. The Morgan fingerprint density at radius 3 is 2.76 bits per heavy atom. The van der Waals surface area contributed by atoms with E-state index < -0.39 is 6.04 Å². The first-order valence-electron chi connectivity index (χ1n) is 5.29. The Labute approximate surface area is 105 Å². The van der Waals surface area contributed by atoms with Crippen LogP contribution in [0.5, 0.6) is 0 Å². The third kappa shape index (κ3) is 4.10. The fourth-order valence-corrected chi connectivity index (χ4v) is 1.51. The van der Waals surface area contributed by atoms with E-state index in [1.807, 2.05) is 6.92 Å². The highest BCUT2D eigenvalue weighted by atomic mass is 32.1. The highest BCUT2D eigenvalue weighted by Gasteiger charge is 2.18. The normalized spacial score (nSPS) is 11.9. The number of anilines is 1. The van der Waals surface area contributed by atoms with Gasteiger partial charge in [0.25, 0.3) is 0 Å². The van der Waals surface area contributed by atoms with E-state index >= 15 is 0 Å². The minimum Gasteiger partial charge on any atom is -0.344 e. The zero-order chi connectivity index (χ0) is 12.8. The van der Waals surface area contributed by atoms with Gasteiger partial charge in [-0.05, 0) is 6.92 Å². The number of carbonyl (C=O) groups is 2. The van der Waals surface area contributed by atoms with Gasteiger partial charge in [0, 0.05) is 31.5 Å². The fourth-order valence-electron chi connectivity index (χ4n) is 1.26. The number of nitrogens with one attached hydrogen (secondary N) is 2. The molecule has 0 saturated carbocycles. The van der Waals surface area contributed by atoms with E-state index in [4.69, 9.17) is 0 Å². The topological polar surface area (TPSA) is 76.0 Å². The molecule has 0 radical (unpaired) electrons. The summed E-state index contributed by atoms with van der Waals surface area (Å²) in [5.41, 5.74) is 0. The monoisotopic (exact) mass is 256 g/mol. The number of amides is 2. The highest BCUT2D eigenvalue weighted by molar-refractivity contribution is 7.80. The van der Waals surface area contributed by atoms with Crippen molar-refractivity contribution in [3.05, 3.63) is 12.3 Å². The van der Waals surface area contributed by atoms with E-state index in [1.165, 1.54) is 6.92 Å². The molecule has 0 bridgehead atoms. The second-order valence-electron chi connectivity index (χ2n) is 3.48. The number of rotatable bonds is 5. The molecule has 0 aliphatic carbocycles. The van der Waals surface area contributed by atoms with Crippen molar-refractivity contribution in [1.82, 2.24) is 15.1 Å². The molecule has 94 valence electrons. The number of hydrogen-bond donors (Lipinski definition) is 3. The maximum atomic E-state index is 11.8. The summed E-state index contributed by atoms with van der Waals surface area (Å²) in [5.74, 6) is 0.115. The Balaban J connectivity index is 2.60. The summed E-state index contributed by atoms with van der Waals surface area (Å²) < 4.78 is 1.70. The first kappa shape index (κ1) is 13.6. The van der Waals surface area contributed by atoms with Gasteiger partial charge in [-0.1, -0.05) is 0 Å². The Bertz CT molecular complexity index is 405. The van der Waals surface area contributed by atoms with Crippen LogP contribution in [-0.4, -0.2) is 33.4 Å². The molecule has 0 aliphatic heterocycles. The van der Waals surface area contributed by atoms with Crippen LogP contribution in [0.15, 0.2) is 12.3 Å². The molecule has 0 spiro atoms. The first-order chi connectivity index (χ1) is 8.06. The average Bonchev–Trinajstić information content (AvgIpc) is 2.73. The molecule has 1 aromatic rings. The molecular formula is C10H16N4O2S. The van der Waals surface area contributed by atoms with E-state index in [1.54, 1.807) is 16.9 Å². The first-order valence-corrected chi connectivity index (χ1v) is 5.92. The van der Waals surface area contributed by atoms with Crippen LogP contribution in [0.2, 0.25) is 0 Å². The molecule has 0 fully saturated rings. The van der Waals surface area contributed by atoms with Crippen molar-refractivity contribution in [1.29, 1.82) is 0 Å². The number of hydrogen-bond acceptors (Lipinski definition) is 4. The van der Waals surface area contributed by atoms with Crippen LogP contribution in [0.3, 0.4) is 0 Å². The lowest BCUT2D eigenvalue weighted by atomic mass is 10.3. The largest absolute Gasteiger partial charge is 0.344 e. The van der Waals surface area contributed by atoms with Crippen molar-refractivity contribution < 1.29 is 9.59 Å². The summed E-state index contributed by atoms with van der Waals surface area (Å²) in [6.45, 7) is 4.04. The standard InChI is InChI=1S/C10H16N4O2S/c1-3-14-5-4-9(13-14)12-10(16)8(6-17)11-7(2)15/h4-5,8,17H,3,6H2,1-2H3,(H,11,15)(H,12,13,16). The summed E-state index contributed by atoms with van der Waals surface area (Å²) in [5, 5.41) is 9.24. The molecule has 1 atom stereocenters. The molecule has 0 aliphatic rings. The van der Waals surface area contributed by atoms with Crippen molar-refractivity contribution in [2.45, 2.75) is 26.4 Å². The van der Waals surface area contributed by atoms with Gasteiger partial charge in [-0.2, -0.15) is 17.7 Å². The van der Waals surface area contributed by atoms with Gasteiger partial charge in [0.05, 0.1) is 0 Å². The molecule has 1 unspecified atom stereocenters. The number of aryl methyl sites for hydroxylation is 1. The molecular weight excluding hydrogens is 240 g/mol. The fraction of sp³-hybridized carbons (Fsp3) is 0.500. The average molecular weight is 256 g/mol. The molecule has 2 N–H and O–H groups in total. The summed E-state index contributed by atoms with van der Waals surface area (Å²) >= 11 is 4.02. The molecule has 1 aromatic heterocycles. The van der Waals surface area contributed by atoms with E-state index in [0.29, 0.717) is 5.82 Å². The molecule has 0 aromatic carbocycles. The van der Waals surface area contributed by atoms with Gasteiger partial charge in [-0.25, -0.2) is 0 Å². The van der Waals surface area contributed by atoms with Gasteiger partial charge in [-0.3, -0.25) is 14.3 Å². The van der Waals surface area contributed by atoms with Gasteiger partial charge in [0.2, 0.25) is 11.8 Å². The summed E-state index contributed by atoms with van der Waals surface area (Å²) in [7, 11) is 0. The van der Waals surface area contributed by atoms with Gasteiger partial charge < -0.3 is 10.6 Å². The van der Waals surface area contributed by atoms with Crippen molar-refractivity contribution in [2.75, 3.05) is 11.1 Å². The Hall–Kier alpha value is -1.50. The van der Waals surface area contributed by atoms with Crippen LogP contribution >= 0.6 is 12.6 Å². The van der Waals surface area contributed by atoms with Crippen LogP contribution in [-0.2, 0) is 16.1 Å². The quantitative estimate of drug-likeness (QED) is 0.662. The van der Waals surface area contributed by atoms with Crippen molar-refractivity contribution >= 4 is 30.3 Å². The minimum atomic E-state index is -0.650.